The van der Waals surface area contributed by atoms with E-state index in [1.54, 1.807) is 18.6 Å². The van der Waals surface area contributed by atoms with E-state index >= 15 is 0 Å². The summed E-state index contributed by atoms with van der Waals surface area (Å²) in [5.74, 6) is 1.40. The molecule has 0 aromatic carbocycles. The lowest BCUT2D eigenvalue weighted by Crippen LogP contribution is -2.43. The van der Waals surface area contributed by atoms with Crippen LogP contribution in [0.25, 0.3) is 0 Å². The van der Waals surface area contributed by atoms with Gasteiger partial charge < -0.3 is 19.0 Å². The van der Waals surface area contributed by atoms with E-state index in [4.69, 9.17) is 9.15 Å². The average Bonchev–Trinajstić information content (AvgIpc) is 3.27. The van der Waals surface area contributed by atoms with Gasteiger partial charge in [0.2, 0.25) is 0 Å². The van der Waals surface area contributed by atoms with Gasteiger partial charge in [0.05, 0.1) is 17.9 Å². The Morgan fingerprint density at radius 3 is 2.91 bits per heavy atom. The van der Waals surface area contributed by atoms with Crippen molar-refractivity contribution in [3.63, 3.8) is 0 Å². The third-order valence-corrected chi connectivity index (χ3v) is 5.43. The number of likely N-dealkylation sites (tertiary alicyclic amines) is 2. The molecule has 0 spiro atoms. The van der Waals surface area contributed by atoms with Crippen molar-refractivity contribution in [2.45, 2.75) is 25.4 Å². The highest BCUT2D eigenvalue weighted by molar-refractivity contribution is 5.94. The molecular formula is C17H24N2O3. The van der Waals surface area contributed by atoms with E-state index in [0.29, 0.717) is 23.5 Å². The minimum absolute atomic E-state index is 0.119. The highest BCUT2D eigenvalue weighted by Crippen LogP contribution is 2.32. The highest BCUT2D eigenvalue weighted by Gasteiger charge is 2.39. The van der Waals surface area contributed by atoms with Gasteiger partial charge in [-0.25, -0.2) is 0 Å². The minimum Gasteiger partial charge on any atom is -0.472 e. The Morgan fingerprint density at radius 1 is 1.23 bits per heavy atom. The molecule has 0 bridgehead atoms. The number of nitrogens with zero attached hydrogens (tertiary/aromatic N) is 2. The second-order valence-corrected chi connectivity index (χ2v) is 6.93. The SMILES string of the molecule is O=C(c1ccoc1)N1C[C@H]2CN(C[C@@H]3CCCO3)CC[C@H]2C1. The summed E-state index contributed by atoms with van der Waals surface area (Å²) >= 11 is 0. The monoisotopic (exact) mass is 304 g/mol. The molecular weight excluding hydrogens is 280 g/mol. The molecule has 1 aromatic heterocycles. The predicted molar refractivity (Wildman–Crippen MR) is 81.6 cm³/mol. The zero-order valence-electron chi connectivity index (χ0n) is 12.9. The lowest BCUT2D eigenvalue weighted by molar-refractivity contribution is 0.0506. The van der Waals surface area contributed by atoms with E-state index in [2.05, 4.69) is 4.90 Å². The van der Waals surface area contributed by atoms with Gasteiger partial charge in [-0.1, -0.05) is 0 Å². The van der Waals surface area contributed by atoms with Crippen molar-refractivity contribution in [3.05, 3.63) is 24.2 Å². The van der Waals surface area contributed by atoms with Crippen molar-refractivity contribution in [2.75, 3.05) is 39.3 Å². The summed E-state index contributed by atoms with van der Waals surface area (Å²) in [5, 5.41) is 0. The number of furan rings is 1. The Kier molecular flexibility index (Phi) is 3.92. The van der Waals surface area contributed by atoms with Crippen molar-refractivity contribution in [2.24, 2.45) is 11.8 Å². The summed E-state index contributed by atoms with van der Waals surface area (Å²) < 4.78 is 10.8. The van der Waals surface area contributed by atoms with Crippen LogP contribution in [0.5, 0.6) is 0 Å². The first-order chi connectivity index (χ1) is 10.8. The van der Waals surface area contributed by atoms with E-state index in [-0.39, 0.29) is 5.91 Å². The quantitative estimate of drug-likeness (QED) is 0.855. The van der Waals surface area contributed by atoms with E-state index < -0.39 is 0 Å². The molecule has 120 valence electrons. The maximum Gasteiger partial charge on any atom is 0.257 e. The third kappa shape index (κ3) is 2.79. The van der Waals surface area contributed by atoms with Gasteiger partial charge in [-0.15, -0.1) is 0 Å². The summed E-state index contributed by atoms with van der Waals surface area (Å²) in [4.78, 5) is 17.0. The van der Waals surface area contributed by atoms with E-state index in [0.717, 1.165) is 39.3 Å². The fraction of sp³-hybridized carbons (Fsp3) is 0.706. The van der Waals surface area contributed by atoms with Gasteiger partial charge in [0, 0.05) is 32.8 Å². The first-order valence-corrected chi connectivity index (χ1v) is 8.45. The minimum atomic E-state index is 0.119. The number of piperidine rings is 1. The van der Waals surface area contributed by atoms with Crippen LogP contribution >= 0.6 is 0 Å². The van der Waals surface area contributed by atoms with Crippen LogP contribution < -0.4 is 0 Å². The molecule has 4 heterocycles. The fourth-order valence-electron chi connectivity index (χ4n) is 4.22. The number of carbonyl (C=O) groups excluding carboxylic acids is 1. The van der Waals surface area contributed by atoms with Gasteiger partial charge in [0.1, 0.15) is 6.26 Å². The number of rotatable bonds is 3. The standard InChI is InChI=1S/C17H24N2O3/c20-17(14-4-7-21-12-14)19-9-13-3-5-18(8-15(13)10-19)11-16-2-1-6-22-16/h4,7,12-13,15-16H,1-3,5-6,8-11H2/t13-,15+,16-/m0/s1. The van der Waals surface area contributed by atoms with Crippen LogP contribution in [0.1, 0.15) is 29.6 Å². The topological polar surface area (TPSA) is 45.9 Å². The number of ether oxygens (including phenoxy) is 1. The first kappa shape index (κ1) is 14.3. The van der Waals surface area contributed by atoms with E-state index in [1.807, 2.05) is 4.90 Å². The summed E-state index contributed by atoms with van der Waals surface area (Å²) in [5.41, 5.74) is 0.676. The molecule has 3 atom stereocenters. The largest absolute Gasteiger partial charge is 0.472 e. The Hall–Kier alpha value is -1.33. The number of fused-ring (bicyclic) bond motifs is 1. The van der Waals surface area contributed by atoms with Crippen LogP contribution in [0.2, 0.25) is 0 Å². The van der Waals surface area contributed by atoms with Gasteiger partial charge in [-0.05, 0) is 43.7 Å². The van der Waals surface area contributed by atoms with Gasteiger partial charge >= 0.3 is 0 Å². The second-order valence-electron chi connectivity index (χ2n) is 6.93. The number of carbonyl (C=O) groups is 1. The molecule has 3 fully saturated rings. The van der Waals surface area contributed by atoms with Crippen LogP contribution in [0.3, 0.4) is 0 Å². The van der Waals surface area contributed by atoms with Gasteiger partial charge in [0.25, 0.3) is 5.91 Å². The van der Waals surface area contributed by atoms with E-state index in [1.165, 1.54) is 19.3 Å². The smallest absolute Gasteiger partial charge is 0.257 e. The molecule has 0 N–H and O–H groups in total. The Morgan fingerprint density at radius 2 is 2.14 bits per heavy atom. The van der Waals surface area contributed by atoms with E-state index in [9.17, 15) is 4.79 Å². The van der Waals surface area contributed by atoms with Crippen LogP contribution in [-0.2, 0) is 4.74 Å². The average molecular weight is 304 g/mol. The van der Waals surface area contributed by atoms with Crippen LogP contribution in [0.15, 0.2) is 23.0 Å². The summed E-state index contributed by atoms with van der Waals surface area (Å²) in [6.07, 6.45) is 7.16. The van der Waals surface area contributed by atoms with Crippen molar-refractivity contribution >= 4 is 5.91 Å². The Labute approximate surface area is 131 Å². The van der Waals surface area contributed by atoms with Crippen molar-refractivity contribution in [3.8, 4) is 0 Å². The van der Waals surface area contributed by atoms with Gasteiger partial charge in [0.15, 0.2) is 0 Å². The predicted octanol–water partition coefficient (Wildman–Crippen LogP) is 1.85. The maximum atomic E-state index is 12.4. The number of hydrogen-bond acceptors (Lipinski definition) is 4. The molecule has 0 unspecified atom stereocenters. The summed E-state index contributed by atoms with van der Waals surface area (Å²) in [6, 6.07) is 1.76. The summed E-state index contributed by atoms with van der Waals surface area (Å²) in [6.45, 7) is 6.05. The molecule has 3 aliphatic heterocycles. The number of amides is 1. The Bertz CT molecular complexity index is 510. The Balaban J connectivity index is 1.34. The lowest BCUT2D eigenvalue weighted by atomic mass is 9.88. The molecule has 3 aliphatic rings. The zero-order chi connectivity index (χ0) is 14.9. The normalized spacial score (nSPS) is 32.4. The van der Waals surface area contributed by atoms with Crippen LogP contribution in [0.4, 0.5) is 0 Å². The van der Waals surface area contributed by atoms with Crippen molar-refractivity contribution in [1.29, 1.82) is 0 Å². The molecule has 1 aromatic rings. The maximum absolute atomic E-state index is 12.4. The number of hydrogen-bond donors (Lipinski definition) is 0. The van der Waals surface area contributed by atoms with Crippen molar-refractivity contribution in [1.82, 2.24) is 9.80 Å². The molecule has 3 saturated heterocycles. The second kappa shape index (κ2) is 6.05. The molecule has 4 rings (SSSR count). The lowest BCUT2D eigenvalue weighted by Gasteiger charge is -2.35. The van der Waals surface area contributed by atoms with Crippen molar-refractivity contribution < 1.29 is 13.9 Å². The van der Waals surface area contributed by atoms with Crippen LogP contribution in [-0.4, -0.2) is 61.1 Å². The highest BCUT2D eigenvalue weighted by atomic mass is 16.5. The molecule has 1 amide bonds. The van der Waals surface area contributed by atoms with Crippen LogP contribution in [0, 0.1) is 11.8 Å². The zero-order valence-corrected chi connectivity index (χ0v) is 12.9. The molecule has 0 saturated carbocycles. The third-order valence-electron chi connectivity index (χ3n) is 5.43. The molecule has 5 nitrogen and oxygen atoms in total. The van der Waals surface area contributed by atoms with Gasteiger partial charge in [-0.2, -0.15) is 0 Å². The summed E-state index contributed by atoms with van der Waals surface area (Å²) in [7, 11) is 0. The fourth-order valence-corrected chi connectivity index (χ4v) is 4.22. The first-order valence-electron chi connectivity index (χ1n) is 8.45. The van der Waals surface area contributed by atoms with Gasteiger partial charge in [-0.3, -0.25) is 4.79 Å². The molecule has 22 heavy (non-hydrogen) atoms. The molecule has 0 aliphatic carbocycles. The molecule has 0 radical (unpaired) electrons. The molecule has 5 heteroatoms.